The van der Waals surface area contributed by atoms with Gasteiger partial charge in [0, 0.05) is 35.2 Å². The normalized spacial score (nSPS) is 11.2. The van der Waals surface area contributed by atoms with Gasteiger partial charge in [0.15, 0.2) is 0 Å². The third-order valence-electron chi connectivity index (χ3n) is 2.94. The molecule has 1 aromatic heterocycles. The molecule has 3 heteroatoms. The summed E-state index contributed by atoms with van der Waals surface area (Å²) >= 11 is 6.00. The molecule has 0 unspecified atom stereocenters. The number of aromatic nitrogens is 1. The SMILES string of the molecule is CCc1c(CN)c2cc(Cl)ccc2n1C. The molecule has 0 saturated heterocycles. The molecule has 0 radical (unpaired) electrons. The van der Waals surface area contributed by atoms with Gasteiger partial charge in [-0.1, -0.05) is 18.5 Å². The summed E-state index contributed by atoms with van der Waals surface area (Å²) in [5, 5.41) is 1.95. The fraction of sp³-hybridized carbons (Fsp3) is 0.333. The summed E-state index contributed by atoms with van der Waals surface area (Å²) in [7, 11) is 2.08. The Bertz CT molecular complexity index is 500. The van der Waals surface area contributed by atoms with E-state index >= 15 is 0 Å². The van der Waals surface area contributed by atoms with Crippen molar-refractivity contribution in [3.8, 4) is 0 Å². The Labute approximate surface area is 94.6 Å². The van der Waals surface area contributed by atoms with E-state index in [0.717, 1.165) is 11.4 Å². The van der Waals surface area contributed by atoms with Crippen LogP contribution in [0.2, 0.25) is 5.02 Å². The van der Waals surface area contributed by atoms with Crippen LogP contribution in [0.4, 0.5) is 0 Å². The van der Waals surface area contributed by atoms with Crippen molar-refractivity contribution in [2.45, 2.75) is 19.9 Å². The lowest BCUT2D eigenvalue weighted by molar-refractivity contribution is 0.842. The average molecular weight is 223 g/mol. The highest BCUT2D eigenvalue weighted by Crippen LogP contribution is 2.27. The molecule has 0 saturated carbocycles. The van der Waals surface area contributed by atoms with E-state index in [2.05, 4.69) is 24.6 Å². The van der Waals surface area contributed by atoms with Gasteiger partial charge in [-0.2, -0.15) is 0 Å². The van der Waals surface area contributed by atoms with Gasteiger partial charge in [0.1, 0.15) is 0 Å². The van der Waals surface area contributed by atoms with Crippen molar-refractivity contribution in [1.82, 2.24) is 4.57 Å². The molecular weight excluding hydrogens is 208 g/mol. The van der Waals surface area contributed by atoms with Gasteiger partial charge in [0.25, 0.3) is 0 Å². The number of nitrogens with zero attached hydrogens (tertiary/aromatic N) is 1. The molecular formula is C12H15ClN2. The van der Waals surface area contributed by atoms with Gasteiger partial charge in [-0.05, 0) is 30.2 Å². The van der Waals surface area contributed by atoms with Crippen LogP contribution in [-0.4, -0.2) is 4.57 Å². The van der Waals surface area contributed by atoms with Gasteiger partial charge in [-0.15, -0.1) is 0 Å². The first-order valence-electron chi connectivity index (χ1n) is 5.14. The highest BCUT2D eigenvalue weighted by molar-refractivity contribution is 6.31. The summed E-state index contributed by atoms with van der Waals surface area (Å²) in [5.41, 5.74) is 9.53. The van der Waals surface area contributed by atoms with E-state index in [4.69, 9.17) is 17.3 Å². The van der Waals surface area contributed by atoms with Crippen LogP contribution in [0.1, 0.15) is 18.2 Å². The van der Waals surface area contributed by atoms with Crippen LogP contribution in [0.25, 0.3) is 10.9 Å². The van der Waals surface area contributed by atoms with Crippen molar-refractivity contribution in [1.29, 1.82) is 0 Å². The van der Waals surface area contributed by atoms with Gasteiger partial charge < -0.3 is 10.3 Å². The largest absolute Gasteiger partial charge is 0.347 e. The Hall–Kier alpha value is -0.990. The Morgan fingerprint density at radius 1 is 1.40 bits per heavy atom. The van der Waals surface area contributed by atoms with Crippen LogP contribution in [0.15, 0.2) is 18.2 Å². The quantitative estimate of drug-likeness (QED) is 0.833. The lowest BCUT2D eigenvalue weighted by atomic mass is 10.1. The minimum atomic E-state index is 0.570. The third kappa shape index (κ3) is 1.54. The number of fused-ring (bicyclic) bond motifs is 1. The number of aryl methyl sites for hydroxylation is 1. The predicted octanol–water partition coefficient (Wildman–Crippen LogP) is 2.85. The van der Waals surface area contributed by atoms with E-state index in [1.165, 1.54) is 22.2 Å². The molecule has 0 aliphatic heterocycles. The summed E-state index contributed by atoms with van der Waals surface area (Å²) < 4.78 is 2.20. The van der Waals surface area contributed by atoms with E-state index < -0.39 is 0 Å². The molecule has 0 bridgehead atoms. The monoisotopic (exact) mass is 222 g/mol. The second-order valence-corrected chi connectivity index (χ2v) is 4.14. The minimum Gasteiger partial charge on any atom is -0.347 e. The fourth-order valence-corrected chi connectivity index (χ4v) is 2.40. The first-order valence-corrected chi connectivity index (χ1v) is 5.52. The zero-order valence-corrected chi connectivity index (χ0v) is 9.80. The molecule has 15 heavy (non-hydrogen) atoms. The highest BCUT2D eigenvalue weighted by Gasteiger charge is 2.12. The van der Waals surface area contributed by atoms with Crippen LogP contribution < -0.4 is 5.73 Å². The number of hydrogen-bond acceptors (Lipinski definition) is 1. The van der Waals surface area contributed by atoms with Crippen molar-refractivity contribution in [2.75, 3.05) is 0 Å². The lowest BCUT2D eigenvalue weighted by Gasteiger charge is -2.02. The van der Waals surface area contributed by atoms with Crippen LogP contribution in [0.5, 0.6) is 0 Å². The summed E-state index contributed by atoms with van der Waals surface area (Å²) in [4.78, 5) is 0. The number of hydrogen-bond donors (Lipinski definition) is 1. The lowest BCUT2D eigenvalue weighted by Crippen LogP contribution is -2.02. The summed E-state index contributed by atoms with van der Waals surface area (Å²) in [5.74, 6) is 0. The second-order valence-electron chi connectivity index (χ2n) is 3.70. The van der Waals surface area contributed by atoms with E-state index in [1.54, 1.807) is 0 Å². The number of halogens is 1. The molecule has 2 rings (SSSR count). The Kier molecular flexibility index (Phi) is 2.72. The van der Waals surface area contributed by atoms with Crippen molar-refractivity contribution >= 4 is 22.5 Å². The molecule has 2 aromatic rings. The molecule has 1 heterocycles. The van der Waals surface area contributed by atoms with Crippen molar-refractivity contribution in [3.63, 3.8) is 0 Å². The van der Waals surface area contributed by atoms with Crippen molar-refractivity contribution < 1.29 is 0 Å². The van der Waals surface area contributed by atoms with E-state index in [1.807, 2.05) is 12.1 Å². The minimum absolute atomic E-state index is 0.570. The van der Waals surface area contributed by atoms with Gasteiger partial charge >= 0.3 is 0 Å². The summed E-state index contributed by atoms with van der Waals surface area (Å²) in [6.07, 6.45) is 0.995. The molecule has 2 nitrogen and oxygen atoms in total. The zero-order chi connectivity index (χ0) is 11.0. The summed E-state index contributed by atoms with van der Waals surface area (Å²) in [6.45, 7) is 2.72. The Balaban J connectivity index is 2.85. The topological polar surface area (TPSA) is 30.9 Å². The van der Waals surface area contributed by atoms with Crippen LogP contribution >= 0.6 is 11.6 Å². The maximum atomic E-state index is 6.00. The highest BCUT2D eigenvalue weighted by atomic mass is 35.5. The molecule has 0 amide bonds. The average Bonchev–Trinajstić information content (AvgIpc) is 2.50. The third-order valence-corrected chi connectivity index (χ3v) is 3.17. The van der Waals surface area contributed by atoms with Crippen LogP contribution in [0, 0.1) is 0 Å². The molecule has 0 spiro atoms. The maximum absolute atomic E-state index is 6.00. The van der Waals surface area contributed by atoms with Crippen molar-refractivity contribution in [3.05, 3.63) is 34.5 Å². The van der Waals surface area contributed by atoms with Crippen LogP contribution in [0.3, 0.4) is 0 Å². The molecule has 2 N–H and O–H groups in total. The second kappa shape index (κ2) is 3.87. The molecule has 0 fully saturated rings. The number of nitrogens with two attached hydrogens (primary N) is 1. The van der Waals surface area contributed by atoms with E-state index in [9.17, 15) is 0 Å². The number of benzene rings is 1. The van der Waals surface area contributed by atoms with E-state index in [0.29, 0.717) is 6.54 Å². The molecule has 0 atom stereocenters. The van der Waals surface area contributed by atoms with Gasteiger partial charge in [-0.25, -0.2) is 0 Å². The van der Waals surface area contributed by atoms with Gasteiger partial charge in [-0.3, -0.25) is 0 Å². The molecule has 0 aliphatic carbocycles. The maximum Gasteiger partial charge on any atom is 0.0484 e. The molecule has 80 valence electrons. The standard InChI is InChI=1S/C12H15ClN2/c1-3-11-10(7-14)9-6-8(13)4-5-12(9)15(11)2/h4-6H,3,7,14H2,1-2H3. The first-order chi connectivity index (χ1) is 7.19. The molecule has 1 aromatic carbocycles. The zero-order valence-electron chi connectivity index (χ0n) is 9.05. The van der Waals surface area contributed by atoms with E-state index in [-0.39, 0.29) is 0 Å². The predicted molar refractivity (Wildman–Crippen MR) is 65.2 cm³/mol. The number of rotatable bonds is 2. The molecule has 0 aliphatic rings. The van der Waals surface area contributed by atoms with Gasteiger partial charge in [0.05, 0.1) is 0 Å². The smallest absolute Gasteiger partial charge is 0.0484 e. The van der Waals surface area contributed by atoms with Crippen molar-refractivity contribution in [2.24, 2.45) is 12.8 Å². The Morgan fingerprint density at radius 2 is 2.13 bits per heavy atom. The fourth-order valence-electron chi connectivity index (χ4n) is 2.22. The summed E-state index contributed by atoms with van der Waals surface area (Å²) in [6, 6.07) is 5.97. The first kappa shape index (κ1) is 10.5. The van der Waals surface area contributed by atoms with Gasteiger partial charge in [0.2, 0.25) is 0 Å². The Morgan fingerprint density at radius 3 is 2.73 bits per heavy atom. The van der Waals surface area contributed by atoms with Crippen LogP contribution in [-0.2, 0) is 20.0 Å².